The average molecular weight is 194 g/mol. The SMILES string of the molecule is Cc1cc(=O)c2c(o1)OC(C)(C)C2C. The number of ether oxygens (including phenoxy) is 1. The van der Waals surface area contributed by atoms with Crippen molar-refractivity contribution < 1.29 is 9.15 Å². The van der Waals surface area contributed by atoms with Crippen LogP contribution in [-0.4, -0.2) is 5.60 Å². The second-order valence-corrected chi connectivity index (χ2v) is 4.35. The first-order chi connectivity index (χ1) is 6.42. The molecule has 0 aromatic carbocycles. The summed E-state index contributed by atoms with van der Waals surface area (Å²) in [5, 5.41) is 0. The lowest BCUT2D eigenvalue weighted by molar-refractivity contribution is 0.0871. The highest BCUT2D eigenvalue weighted by Crippen LogP contribution is 2.42. The molecule has 3 nitrogen and oxygen atoms in total. The van der Waals surface area contributed by atoms with Gasteiger partial charge in [0, 0.05) is 12.0 Å². The van der Waals surface area contributed by atoms with Crippen LogP contribution in [0.4, 0.5) is 0 Å². The third kappa shape index (κ3) is 1.15. The van der Waals surface area contributed by atoms with Crippen molar-refractivity contribution in [2.24, 2.45) is 0 Å². The van der Waals surface area contributed by atoms with E-state index >= 15 is 0 Å². The molecule has 1 aliphatic rings. The summed E-state index contributed by atoms with van der Waals surface area (Å²) in [6, 6.07) is 1.51. The van der Waals surface area contributed by atoms with Gasteiger partial charge in [-0.2, -0.15) is 0 Å². The van der Waals surface area contributed by atoms with Gasteiger partial charge in [0.25, 0.3) is 5.95 Å². The highest BCUT2D eigenvalue weighted by Gasteiger charge is 2.41. The van der Waals surface area contributed by atoms with E-state index in [0.717, 1.165) is 0 Å². The Morgan fingerprint density at radius 1 is 1.43 bits per heavy atom. The summed E-state index contributed by atoms with van der Waals surface area (Å²) in [4.78, 5) is 11.7. The van der Waals surface area contributed by atoms with Gasteiger partial charge >= 0.3 is 0 Å². The van der Waals surface area contributed by atoms with Gasteiger partial charge in [-0.15, -0.1) is 0 Å². The first kappa shape index (κ1) is 9.31. The molecule has 0 bridgehead atoms. The molecule has 14 heavy (non-hydrogen) atoms. The van der Waals surface area contributed by atoms with Crippen molar-refractivity contribution in [1.82, 2.24) is 0 Å². The molecule has 0 aliphatic carbocycles. The maximum Gasteiger partial charge on any atom is 0.292 e. The second-order valence-electron chi connectivity index (χ2n) is 4.35. The third-order valence-corrected chi connectivity index (χ3v) is 2.90. The summed E-state index contributed by atoms with van der Waals surface area (Å²) >= 11 is 0. The van der Waals surface area contributed by atoms with Crippen LogP contribution in [0.15, 0.2) is 15.3 Å². The molecule has 1 unspecified atom stereocenters. The summed E-state index contributed by atoms with van der Waals surface area (Å²) in [5.74, 6) is 1.07. The van der Waals surface area contributed by atoms with Crippen molar-refractivity contribution in [3.63, 3.8) is 0 Å². The van der Waals surface area contributed by atoms with Crippen LogP contribution in [-0.2, 0) is 0 Å². The third-order valence-electron chi connectivity index (χ3n) is 2.90. The second kappa shape index (κ2) is 2.62. The smallest absolute Gasteiger partial charge is 0.292 e. The molecule has 0 N–H and O–H groups in total. The van der Waals surface area contributed by atoms with Crippen LogP contribution < -0.4 is 10.2 Å². The Bertz CT molecular complexity index is 429. The van der Waals surface area contributed by atoms with Crippen LogP contribution in [0, 0.1) is 6.92 Å². The molecule has 2 heterocycles. The van der Waals surface area contributed by atoms with Gasteiger partial charge in [-0.1, -0.05) is 6.92 Å². The fourth-order valence-corrected chi connectivity index (χ4v) is 1.73. The molecule has 1 aliphatic heterocycles. The van der Waals surface area contributed by atoms with E-state index in [1.165, 1.54) is 6.07 Å². The fraction of sp³-hybridized carbons (Fsp3) is 0.545. The van der Waals surface area contributed by atoms with Crippen molar-refractivity contribution in [2.45, 2.75) is 39.2 Å². The van der Waals surface area contributed by atoms with E-state index in [9.17, 15) is 4.79 Å². The van der Waals surface area contributed by atoms with Gasteiger partial charge in [0.2, 0.25) is 0 Å². The summed E-state index contributed by atoms with van der Waals surface area (Å²) in [7, 11) is 0. The average Bonchev–Trinajstić information content (AvgIpc) is 2.21. The number of aryl methyl sites for hydroxylation is 1. The summed E-state index contributed by atoms with van der Waals surface area (Å²) in [6.07, 6.45) is 0. The summed E-state index contributed by atoms with van der Waals surface area (Å²) < 4.78 is 11.0. The van der Waals surface area contributed by atoms with Gasteiger partial charge < -0.3 is 9.15 Å². The molecule has 1 atom stereocenters. The minimum absolute atomic E-state index is 0.0156. The van der Waals surface area contributed by atoms with Gasteiger partial charge in [-0.3, -0.25) is 4.79 Å². The number of hydrogen-bond acceptors (Lipinski definition) is 3. The van der Waals surface area contributed by atoms with Crippen LogP contribution >= 0.6 is 0 Å². The molecule has 76 valence electrons. The maximum atomic E-state index is 11.7. The first-order valence-corrected chi connectivity index (χ1v) is 4.75. The standard InChI is InChI=1S/C11H14O3/c1-6-5-8(12)9-7(2)11(3,4)14-10(9)13-6/h5,7H,1-4H3. The molecule has 0 spiro atoms. The Labute approximate surface area is 82.7 Å². The van der Waals surface area contributed by atoms with E-state index < -0.39 is 0 Å². The molecule has 3 heteroatoms. The molecule has 0 saturated heterocycles. The zero-order valence-electron chi connectivity index (χ0n) is 8.88. The van der Waals surface area contributed by atoms with E-state index in [2.05, 4.69) is 0 Å². The van der Waals surface area contributed by atoms with Gasteiger partial charge in [-0.05, 0) is 20.8 Å². The van der Waals surface area contributed by atoms with Crippen LogP contribution in [0.2, 0.25) is 0 Å². The van der Waals surface area contributed by atoms with Gasteiger partial charge in [0.15, 0.2) is 5.43 Å². The highest BCUT2D eigenvalue weighted by molar-refractivity contribution is 5.35. The molecule has 1 aromatic rings. The largest absolute Gasteiger partial charge is 0.458 e. The fourth-order valence-electron chi connectivity index (χ4n) is 1.73. The zero-order chi connectivity index (χ0) is 10.5. The molecule has 2 rings (SSSR count). The molecule has 0 radical (unpaired) electrons. The highest BCUT2D eigenvalue weighted by atomic mass is 16.6. The van der Waals surface area contributed by atoms with Crippen molar-refractivity contribution in [3.8, 4) is 5.95 Å². The minimum atomic E-state index is -0.348. The normalized spacial score (nSPS) is 23.0. The molecule has 0 saturated carbocycles. The predicted octanol–water partition coefficient (Wildman–Crippen LogP) is 2.22. The number of rotatable bonds is 0. The van der Waals surface area contributed by atoms with Crippen molar-refractivity contribution in [3.05, 3.63) is 27.6 Å². The van der Waals surface area contributed by atoms with Crippen LogP contribution in [0.25, 0.3) is 0 Å². The molecule has 0 amide bonds. The Balaban J connectivity index is 2.66. The summed E-state index contributed by atoms with van der Waals surface area (Å²) in [5.41, 5.74) is 0.334. The molecular formula is C11H14O3. The van der Waals surface area contributed by atoms with Crippen molar-refractivity contribution >= 4 is 0 Å². The zero-order valence-corrected chi connectivity index (χ0v) is 8.88. The molecule has 0 fully saturated rings. The van der Waals surface area contributed by atoms with E-state index in [0.29, 0.717) is 17.3 Å². The van der Waals surface area contributed by atoms with E-state index in [-0.39, 0.29) is 16.9 Å². The Kier molecular flexibility index (Phi) is 1.74. The number of fused-ring (bicyclic) bond motifs is 1. The van der Waals surface area contributed by atoms with Gasteiger partial charge in [-0.25, -0.2) is 0 Å². The Morgan fingerprint density at radius 3 is 2.71 bits per heavy atom. The van der Waals surface area contributed by atoms with Crippen molar-refractivity contribution in [2.75, 3.05) is 0 Å². The van der Waals surface area contributed by atoms with Gasteiger partial charge in [0.1, 0.15) is 11.4 Å². The topological polar surface area (TPSA) is 39.4 Å². The predicted molar refractivity (Wildman–Crippen MR) is 52.8 cm³/mol. The molecular weight excluding hydrogens is 180 g/mol. The van der Waals surface area contributed by atoms with Crippen LogP contribution in [0.3, 0.4) is 0 Å². The monoisotopic (exact) mass is 194 g/mol. The first-order valence-electron chi connectivity index (χ1n) is 4.75. The lowest BCUT2D eigenvalue weighted by Gasteiger charge is -2.21. The maximum absolute atomic E-state index is 11.7. The Morgan fingerprint density at radius 2 is 2.07 bits per heavy atom. The lowest BCUT2D eigenvalue weighted by atomic mass is 9.89. The van der Waals surface area contributed by atoms with Crippen molar-refractivity contribution in [1.29, 1.82) is 0 Å². The van der Waals surface area contributed by atoms with E-state index in [4.69, 9.17) is 9.15 Å². The van der Waals surface area contributed by atoms with Gasteiger partial charge in [0.05, 0.1) is 5.56 Å². The molecule has 1 aromatic heterocycles. The van der Waals surface area contributed by atoms with Crippen LogP contribution in [0.5, 0.6) is 5.95 Å². The quantitative estimate of drug-likeness (QED) is 0.635. The minimum Gasteiger partial charge on any atom is -0.458 e. The summed E-state index contributed by atoms with van der Waals surface area (Å²) in [6.45, 7) is 7.66. The Hall–Kier alpha value is -1.25. The van der Waals surface area contributed by atoms with E-state index in [1.54, 1.807) is 6.92 Å². The lowest BCUT2D eigenvalue weighted by Crippen LogP contribution is -2.29. The number of hydrogen-bond donors (Lipinski definition) is 0. The van der Waals surface area contributed by atoms with E-state index in [1.807, 2.05) is 20.8 Å². The van der Waals surface area contributed by atoms with Crippen LogP contribution in [0.1, 0.15) is 38.0 Å².